The minimum absolute atomic E-state index is 0.0687. The molecule has 19 heavy (non-hydrogen) atoms. The quantitative estimate of drug-likeness (QED) is 0.907. The predicted molar refractivity (Wildman–Crippen MR) is 76.4 cm³/mol. The van der Waals surface area contributed by atoms with E-state index in [1.165, 1.54) is 10.6 Å². The highest BCUT2D eigenvalue weighted by molar-refractivity contribution is 7.99. The van der Waals surface area contributed by atoms with E-state index in [0.717, 1.165) is 16.1 Å². The first-order valence-corrected chi connectivity index (χ1v) is 6.82. The van der Waals surface area contributed by atoms with E-state index in [0.29, 0.717) is 0 Å². The minimum atomic E-state index is -0.797. The van der Waals surface area contributed by atoms with Gasteiger partial charge in [0.25, 0.3) is 0 Å². The molecule has 2 aromatic carbocycles. The van der Waals surface area contributed by atoms with Gasteiger partial charge in [0, 0.05) is 16.8 Å². The smallest absolute Gasteiger partial charge is 0.307 e. The van der Waals surface area contributed by atoms with Crippen LogP contribution in [0.1, 0.15) is 5.56 Å². The lowest BCUT2D eigenvalue weighted by Crippen LogP contribution is -2.14. The van der Waals surface area contributed by atoms with Crippen molar-refractivity contribution in [3.63, 3.8) is 0 Å². The second-order valence-electron chi connectivity index (χ2n) is 4.50. The van der Waals surface area contributed by atoms with Crippen molar-refractivity contribution in [2.75, 3.05) is 11.9 Å². The molecule has 0 radical (unpaired) electrons. The zero-order chi connectivity index (χ0) is 13.4. The van der Waals surface area contributed by atoms with E-state index in [4.69, 9.17) is 5.11 Å². The van der Waals surface area contributed by atoms with Gasteiger partial charge in [-0.05, 0) is 29.8 Å². The molecule has 1 aliphatic rings. The number of carboxylic acids is 1. The number of aliphatic carboxylic acids is 1. The molecule has 0 unspecified atom stereocenters. The summed E-state index contributed by atoms with van der Waals surface area (Å²) < 4.78 is 0. The Labute approximate surface area is 115 Å². The molecule has 0 spiro atoms. The molecule has 3 rings (SSSR count). The van der Waals surface area contributed by atoms with Crippen molar-refractivity contribution in [2.45, 2.75) is 16.2 Å². The Balaban J connectivity index is 2.03. The summed E-state index contributed by atoms with van der Waals surface area (Å²) in [5.74, 6) is -0.797. The first kappa shape index (κ1) is 12.1. The number of rotatable bonds is 2. The van der Waals surface area contributed by atoms with Crippen LogP contribution in [0.4, 0.5) is 11.4 Å². The molecule has 0 aliphatic carbocycles. The van der Waals surface area contributed by atoms with Crippen molar-refractivity contribution in [3.05, 3.63) is 48.0 Å². The molecule has 0 aromatic heterocycles. The monoisotopic (exact) mass is 271 g/mol. The van der Waals surface area contributed by atoms with E-state index in [9.17, 15) is 4.79 Å². The van der Waals surface area contributed by atoms with E-state index in [-0.39, 0.29) is 6.42 Å². The van der Waals surface area contributed by atoms with Crippen LogP contribution >= 0.6 is 11.8 Å². The maximum atomic E-state index is 10.8. The van der Waals surface area contributed by atoms with E-state index in [1.807, 2.05) is 37.4 Å². The first-order valence-electron chi connectivity index (χ1n) is 6.00. The molecule has 0 atom stereocenters. The molecular weight excluding hydrogens is 258 g/mol. The van der Waals surface area contributed by atoms with Gasteiger partial charge in [0.05, 0.1) is 17.8 Å². The number of para-hydroxylation sites is 1. The lowest BCUT2D eigenvalue weighted by Gasteiger charge is -2.29. The summed E-state index contributed by atoms with van der Waals surface area (Å²) in [4.78, 5) is 15.2. The third kappa shape index (κ3) is 2.19. The van der Waals surface area contributed by atoms with E-state index < -0.39 is 5.97 Å². The molecular formula is C15H13NO2S. The Morgan fingerprint density at radius 1 is 1.16 bits per heavy atom. The molecule has 96 valence electrons. The average Bonchev–Trinajstić information content (AvgIpc) is 2.38. The topological polar surface area (TPSA) is 40.5 Å². The normalized spacial score (nSPS) is 12.8. The Kier molecular flexibility index (Phi) is 2.95. The first-order chi connectivity index (χ1) is 9.15. The number of benzene rings is 2. The van der Waals surface area contributed by atoms with Crippen LogP contribution in [0.25, 0.3) is 0 Å². The second kappa shape index (κ2) is 4.63. The van der Waals surface area contributed by atoms with Crippen LogP contribution < -0.4 is 4.90 Å². The summed E-state index contributed by atoms with van der Waals surface area (Å²) >= 11 is 1.69. The molecule has 0 saturated carbocycles. The van der Waals surface area contributed by atoms with Crippen LogP contribution in [-0.2, 0) is 11.2 Å². The second-order valence-corrected chi connectivity index (χ2v) is 5.59. The number of hydrogen-bond acceptors (Lipinski definition) is 3. The van der Waals surface area contributed by atoms with Crippen LogP contribution in [0.15, 0.2) is 52.3 Å². The Hall–Kier alpha value is -1.94. The molecule has 1 N–H and O–H groups in total. The van der Waals surface area contributed by atoms with Gasteiger partial charge in [0.1, 0.15) is 0 Å². The number of hydrogen-bond donors (Lipinski definition) is 1. The van der Waals surface area contributed by atoms with Gasteiger partial charge in [0.2, 0.25) is 0 Å². The fourth-order valence-electron chi connectivity index (χ4n) is 2.27. The predicted octanol–water partition coefficient (Wildman–Crippen LogP) is 3.55. The zero-order valence-corrected chi connectivity index (χ0v) is 11.3. The number of fused-ring (bicyclic) bond motifs is 2. The van der Waals surface area contributed by atoms with Crippen LogP contribution in [0.5, 0.6) is 0 Å². The van der Waals surface area contributed by atoms with Crippen LogP contribution in [0, 0.1) is 0 Å². The Morgan fingerprint density at radius 3 is 2.68 bits per heavy atom. The fourth-order valence-corrected chi connectivity index (χ4v) is 3.48. The highest BCUT2D eigenvalue weighted by atomic mass is 32.2. The highest BCUT2D eigenvalue weighted by Crippen LogP contribution is 2.47. The summed E-state index contributed by atoms with van der Waals surface area (Å²) in [5.41, 5.74) is 3.15. The van der Waals surface area contributed by atoms with E-state index in [2.05, 4.69) is 17.0 Å². The maximum absolute atomic E-state index is 10.8. The van der Waals surface area contributed by atoms with Crippen molar-refractivity contribution in [3.8, 4) is 0 Å². The van der Waals surface area contributed by atoms with Gasteiger partial charge < -0.3 is 10.0 Å². The molecule has 3 nitrogen and oxygen atoms in total. The van der Waals surface area contributed by atoms with E-state index >= 15 is 0 Å². The molecule has 1 aliphatic heterocycles. The van der Waals surface area contributed by atoms with Gasteiger partial charge in [-0.1, -0.05) is 30.0 Å². The van der Waals surface area contributed by atoms with Crippen molar-refractivity contribution >= 4 is 29.1 Å². The van der Waals surface area contributed by atoms with Crippen LogP contribution in [0.2, 0.25) is 0 Å². The van der Waals surface area contributed by atoms with Gasteiger partial charge in [-0.15, -0.1) is 0 Å². The summed E-state index contributed by atoms with van der Waals surface area (Å²) in [6.45, 7) is 0. The molecule has 4 heteroatoms. The minimum Gasteiger partial charge on any atom is -0.481 e. The lowest BCUT2D eigenvalue weighted by molar-refractivity contribution is -0.136. The summed E-state index contributed by atoms with van der Waals surface area (Å²) in [6.07, 6.45) is 0.0687. The molecule has 0 amide bonds. The van der Waals surface area contributed by atoms with Crippen molar-refractivity contribution < 1.29 is 9.90 Å². The van der Waals surface area contributed by atoms with E-state index in [1.54, 1.807) is 11.8 Å². The SMILES string of the molecule is CN1c2ccccc2Sc2cc(CC(=O)O)ccc21. The van der Waals surface area contributed by atoms with Crippen LogP contribution in [0.3, 0.4) is 0 Å². The Morgan fingerprint density at radius 2 is 1.89 bits per heavy atom. The molecule has 2 aromatic rings. The molecule has 1 heterocycles. The lowest BCUT2D eigenvalue weighted by atomic mass is 10.1. The highest BCUT2D eigenvalue weighted by Gasteiger charge is 2.20. The van der Waals surface area contributed by atoms with Gasteiger partial charge in [0.15, 0.2) is 0 Å². The van der Waals surface area contributed by atoms with Gasteiger partial charge >= 0.3 is 5.97 Å². The fraction of sp³-hybridized carbons (Fsp3) is 0.133. The van der Waals surface area contributed by atoms with Crippen LogP contribution in [-0.4, -0.2) is 18.1 Å². The summed E-state index contributed by atoms with van der Waals surface area (Å²) in [7, 11) is 2.04. The third-order valence-electron chi connectivity index (χ3n) is 3.19. The molecule has 0 fully saturated rings. The molecule has 0 bridgehead atoms. The van der Waals surface area contributed by atoms with Crippen molar-refractivity contribution in [2.24, 2.45) is 0 Å². The standard InChI is InChI=1S/C15H13NO2S/c1-16-11-4-2-3-5-13(11)19-14-8-10(9-15(17)18)6-7-12(14)16/h2-8H,9H2,1H3,(H,17,18). The average molecular weight is 271 g/mol. The van der Waals surface area contributed by atoms with Gasteiger partial charge in [-0.25, -0.2) is 0 Å². The third-order valence-corrected chi connectivity index (χ3v) is 4.30. The largest absolute Gasteiger partial charge is 0.481 e. The zero-order valence-electron chi connectivity index (χ0n) is 10.5. The summed E-state index contributed by atoms with van der Waals surface area (Å²) in [6, 6.07) is 14.1. The number of carboxylic acid groups (broad SMARTS) is 1. The number of anilines is 2. The maximum Gasteiger partial charge on any atom is 0.307 e. The van der Waals surface area contributed by atoms with Gasteiger partial charge in [-0.3, -0.25) is 4.79 Å². The Bertz CT molecular complexity index is 654. The summed E-state index contributed by atoms with van der Waals surface area (Å²) in [5, 5.41) is 8.86. The number of carbonyl (C=O) groups is 1. The molecule has 0 saturated heterocycles. The van der Waals surface area contributed by atoms with Crippen molar-refractivity contribution in [1.82, 2.24) is 0 Å². The van der Waals surface area contributed by atoms with Gasteiger partial charge in [-0.2, -0.15) is 0 Å². The number of nitrogens with zero attached hydrogens (tertiary/aromatic N) is 1. The van der Waals surface area contributed by atoms with Crippen molar-refractivity contribution in [1.29, 1.82) is 0 Å².